The maximum atomic E-state index is 13.9. The predicted molar refractivity (Wildman–Crippen MR) is 121 cm³/mol. The molecule has 2 N–H and O–H groups in total. The van der Waals surface area contributed by atoms with Gasteiger partial charge in [0.05, 0.1) is 26.9 Å². The summed E-state index contributed by atoms with van der Waals surface area (Å²) in [4.78, 5) is 16.7. The molecule has 32 heavy (non-hydrogen) atoms. The quantitative estimate of drug-likeness (QED) is 0.483. The molecule has 1 aromatic heterocycles. The van der Waals surface area contributed by atoms with Crippen molar-refractivity contribution in [1.82, 2.24) is 19.5 Å². The molecule has 0 bridgehead atoms. The Labute approximate surface area is 193 Å². The van der Waals surface area contributed by atoms with Crippen molar-refractivity contribution in [3.8, 4) is 11.4 Å². The number of sulfonamides is 1. The van der Waals surface area contributed by atoms with Crippen LogP contribution in [0, 0.1) is 5.82 Å². The zero-order valence-corrected chi connectivity index (χ0v) is 19.1. The van der Waals surface area contributed by atoms with Gasteiger partial charge in [0, 0.05) is 13.1 Å². The van der Waals surface area contributed by atoms with Gasteiger partial charge in [-0.15, -0.1) is 5.10 Å². The number of carbonyl (C=O) groups is 1. The van der Waals surface area contributed by atoms with Crippen molar-refractivity contribution in [2.45, 2.75) is 22.9 Å². The lowest BCUT2D eigenvalue weighted by atomic mass is 10.2. The van der Waals surface area contributed by atoms with E-state index in [1.165, 1.54) is 28.6 Å². The molecule has 0 unspecified atom stereocenters. The van der Waals surface area contributed by atoms with Crippen LogP contribution in [0.2, 0.25) is 5.02 Å². The van der Waals surface area contributed by atoms with Gasteiger partial charge in [0.1, 0.15) is 5.82 Å². The summed E-state index contributed by atoms with van der Waals surface area (Å²) in [6.07, 6.45) is 1.65. The third-order valence-electron chi connectivity index (χ3n) is 4.84. The van der Waals surface area contributed by atoms with Gasteiger partial charge in [0.25, 0.3) is 0 Å². The van der Waals surface area contributed by atoms with E-state index in [4.69, 9.17) is 11.6 Å². The molecule has 1 amide bonds. The van der Waals surface area contributed by atoms with Crippen LogP contribution in [0.25, 0.3) is 11.4 Å². The summed E-state index contributed by atoms with van der Waals surface area (Å²) in [5.41, 5.74) is 0.485. The van der Waals surface area contributed by atoms with E-state index in [9.17, 15) is 17.6 Å². The zero-order valence-electron chi connectivity index (χ0n) is 16.7. The molecule has 168 valence electrons. The molecule has 1 aliphatic rings. The fourth-order valence-electron chi connectivity index (χ4n) is 3.24. The largest absolute Gasteiger partial charge is 0.324 e. The van der Waals surface area contributed by atoms with Gasteiger partial charge >= 0.3 is 0 Å². The minimum absolute atomic E-state index is 0.0476. The molecular weight excluding hydrogens is 477 g/mol. The summed E-state index contributed by atoms with van der Waals surface area (Å²) in [5.74, 6) is -0.636. The van der Waals surface area contributed by atoms with Gasteiger partial charge in [0.15, 0.2) is 5.82 Å². The first-order valence-corrected chi connectivity index (χ1v) is 12.5. The predicted octanol–water partition coefficient (Wildman–Crippen LogP) is 3.78. The van der Waals surface area contributed by atoms with Crippen LogP contribution in [0.4, 0.5) is 10.1 Å². The first-order valence-electron chi connectivity index (χ1n) is 9.74. The lowest BCUT2D eigenvalue weighted by Crippen LogP contribution is -2.28. The molecule has 0 spiro atoms. The average molecular weight is 496 g/mol. The Hall–Kier alpha value is -2.47. The molecule has 1 saturated heterocycles. The average Bonchev–Trinajstić information content (AvgIpc) is 3.47. The van der Waals surface area contributed by atoms with Crippen molar-refractivity contribution < 1.29 is 17.6 Å². The van der Waals surface area contributed by atoms with E-state index in [-0.39, 0.29) is 37.9 Å². The Morgan fingerprint density at radius 1 is 1.22 bits per heavy atom. The van der Waals surface area contributed by atoms with E-state index >= 15 is 0 Å². The number of carbonyl (C=O) groups excluding carboxylic acids is 1. The molecule has 2 aromatic carbocycles. The van der Waals surface area contributed by atoms with E-state index in [1.54, 1.807) is 18.2 Å². The van der Waals surface area contributed by atoms with E-state index in [1.807, 2.05) is 0 Å². The summed E-state index contributed by atoms with van der Waals surface area (Å²) < 4.78 is 40.8. The maximum absolute atomic E-state index is 13.9. The second kappa shape index (κ2) is 9.57. The fraction of sp³-hybridized carbons (Fsp3) is 0.250. The summed E-state index contributed by atoms with van der Waals surface area (Å²) in [6, 6.07) is 10.4. The number of aromatic amines is 1. The first kappa shape index (κ1) is 22.7. The van der Waals surface area contributed by atoms with Gasteiger partial charge in [0.2, 0.25) is 21.1 Å². The van der Waals surface area contributed by atoms with Crippen molar-refractivity contribution in [2.75, 3.05) is 24.2 Å². The highest BCUT2D eigenvalue weighted by molar-refractivity contribution is 7.99. The monoisotopic (exact) mass is 495 g/mol. The zero-order chi connectivity index (χ0) is 22.7. The molecular formula is C20H19ClFN5O3S2. The Balaban J connectivity index is 1.41. The standard InChI is InChI=1S/C20H19ClFN5O3S2/c21-15-8-7-13(32(29,30)27-9-3-4-10-27)11-17(15)23-18(28)12-31-20-24-19(25-26-20)14-5-1-2-6-16(14)22/h1-2,5-8,11H,3-4,9-10,12H2,(H,23,28)(H,24,25,26). The van der Waals surface area contributed by atoms with Gasteiger partial charge in [-0.25, -0.2) is 17.8 Å². The van der Waals surface area contributed by atoms with Crippen LogP contribution in [0.3, 0.4) is 0 Å². The normalized spacial score (nSPS) is 14.6. The van der Waals surface area contributed by atoms with Gasteiger partial charge in [-0.1, -0.05) is 35.5 Å². The van der Waals surface area contributed by atoms with Crippen LogP contribution < -0.4 is 5.32 Å². The second-order valence-electron chi connectivity index (χ2n) is 7.04. The number of aromatic nitrogens is 3. The molecule has 0 saturated carbocycles. The van der Waals surface area contributed by atoms with Crippen molar-refractivity contribution in [1.29, 1.82) is 0 Å². The molecule has 1 aliphatic heterocycles. The van der Waals surface area contributed by atoms with Crippen LogP contribution in [0.5, 0.6) is 0 Å². The second-order valence-corrected chi connectivity index (χ2v) is 10.3. The lowest BCUT2D eigenvalue weighted by Gasteiger charge is -2.16. The molecule has 0 aliphatic carbocycles. The Kier molecular flexibility index (Phi) is 6.79. The van der Waals surface area contributed by atoms with Gasteiger partial charge in [-0.2, -0.15) is 4.31 Å². The molecule has 4 rings (SSSR count). The summed E-state index contributed by atoms with van der Waals surface area (Å²) in [5, 5.41) is 9.77. The van der Waals surface area contributed by atoms with E-state index in [0.717, 1.165) is 24.6 Å². The Morgan fingerprint density at radius 3 is 2.72 bits per heavy atom. The van der Waals surface area contributed by atoms with E-state index in [0.29, 0.717) is 13.1 Å². The number of amides is 1. The van der Waals surface area contributed by atoms with Crippen molar-refractivity contribution >= 4 is 45.0 Å². The molecule has 0 radical (unpaired) electrons. The summed E-state index contributed by atoms with van der Waals surface area (Å²) in [6.45, 7) is 0.962. The van der Waals surface area contributed by atoms with Crippen molar-refractivity contribution in [3.63, 3.8) is 0 Å². The third kappa shape index (κ3) is 4.96. The molecule has 12 heteroatoms. The number of rotatable bonds is 7. The molecule has 2 heterocycles. The summed E-state index contributed by atoms with van der Waals surface area (Å²) in [7, 11) is -3.63. The van der Waals surface area contributed by atoms with Crippen LogP contribution in [0.15, 0.2) is 52.5 Å². The number of hydrogen-bond donors (Lipinski definition) is 2. The first-order chi connectivity index (χ1) is 15.3. The Morgan fingerprint density at radius 2 is 1.97 bits per heavy atom. The van der Waals surface area contributed by atoms with Crippen LogP contribution in [-0.4, -0.2) is 52.7 Å². The van der Waals surface area contributed by atoms with E-state index < -0.39 is 21.7 Å². The minimum Gasteiger partial charge on any atom is -0.324 e. The SMILES string of the molecule is O=C(CSc1n[nH]c(-c2ccccc2F)n1)Nc1cc(S(=O)(=O)N2CCCC2)ccc1Cl. The highest BCUT2D eigenvalue weighted by Gasteiger charge is 2.27. The minimum atomic E-state index is -3.63. The number of halogens is 2. The number of hydrogen-bond acceptors (Lipinski definition) is 6. The van der Waals surface area contributed by atoms with Crippen LogP contribution in [-0.2, 0) is 14.8 Å². The number of nitrogens with zero attached hydrogens (tertiary/aromatic N) is 3. The smallest absolute Gasteiger partial charge is 0.243 e. The van der Waals surface area contributed by atoms with Gasteiger partial charge < -0.3 is 5.32 Å². The van der Waals surface area contributed by atoms with E-state index in [2.05, 4.69) is 20.5 Å². The highest BCUT2D eigenvalue weighted by atomic mass is 35.5. The topological polar surface area (TPSA) is 108 Å². The third-order valence-corrected chi connectivity index (χ3v) is 7.91. The fourth-order valence-corrected chi connectivity index (χ4v) is 5.55. The van der Waals surface area contributed by atoms with Crippen molar-refractivity contribution in [2.24, 2.45) is 0 Å². The summed E-state index contributed by atoms with van der Waals surface area (Å²) >= 11 is 7.21. The van der Waals surface area contributed by atoms with Gasteiger partial charge in [-0.05, 0) is 43.2 Å². The highest BCUT2D eigenvalue weighted by Crippen LogP contribution is 2.29. The number of thioether (sulfide) groups is 1. The maximum Gasteiger partial charge on any atom is 0.243 e. The number of nitrogens with one attached hydrogen (secondary N) is 2. The Bertz CT molecular complexity index is 1250. The molecule has 3 aromatic rings. The van der Waals surface area contributed by atoms with Gasteiger partial charge in [-0.3, -0.25) is 9.89 Å². The molecule has 0 atom stereocenters. The number of benzene rings is 2. The van der Waals surface area contributed by atoms with Crippen LogP contribution >= 0.6 is 23.4 Å². The molecule has 1 fully saturated rings. The van der Waals surface area contributed by atoms with Crippen molar-refractivity contribution in [3.05, 3.63) is 53.3 Å². The van der Waals surface area contributed by atoms with Crippen LogP contribution in [0.1, 0.15) is 12.8 Å². The molecule has 8 nitrogen and oxygen atoms in total. The lowest BCUT2D eigenvalue weighted by molar-refractivity contribution is -0.113. The number of anilines is 1. The number of H-pyrrole nitrogens is 1.